The van der Waals surface area contributed by atoms with Crippen LogP contribution < -0.4 is 0 Å². The van der Waals surface area contributed by atoms with Crippen molar-refractivity contribution in [2.24, 2.45) is 0 Å². The molecule has 7 heteroatoms. The van der Waals surface area contributed by atoms with Gasteiger partial charge in [0.25, 0.3) is 0 Å². The van der Waals surface area contributed by atoms with Gasteiger partial charge in [0.2, 0.25) is 0 Å². The van der Waals surface area contributed by atoms with Crippen LogP contribution in [0.25, 0.3) is 0 Å². The Balaban J connectivity index is 4.21. The minimum absolute atomic E-state index is 0.913. The van der Waals surface area contributed by atoms with Crippen molar-refractivity contribution in [2.45, 2.75) is 6.18 Å². The van der Waals surface area contributed by atoms with Gasteiger partial charge in [-0.3, -0.25) is 4.57 Å². The molecule has 0 aromatic heterocycles. The molecule has 0 aromatic rings. The molecular formula is C4H8F3O3P. The third kappa shape index (κ3) is 4.40. The zero-order chi connectivity index (χ0) is 9.12. The summed E-state index contributed by atoms with van der Waals surface area (Å²) in [6.07, 6.45) is -6.07. The van der Waals surface area contributed by atoms with E-state index in [1.165, 1.54) is 0 Å². The van der Waals surface area contributed by atoms with E-state index >= 15 is 0 Å². The van der Waals surface area contributed by atoms with Gasteiger partial charge in [-0.1, -0.05) is 0 Å². The van der Waals surface area contributed by atoms with Crippen molar-refractivity contribution in [3.8, 4) is 0 Å². The zero-order valence-corrected chi connectivity index (χ0v) is 6.91. The van der Waals surface area contributed by atoms with Crippen molar-refractivity contribution in [3.63, 3.8) is 0 Å². The molecule has 0 bridgehead atoms. The van der Waals surface area contributed by atoms with Gasteiger partial charge < -0.3 is 9.05 Å². The standard InChI is InChI=1S/C4H8F3O3P/c1-9-11(8,10-2)3-4(5,6)7/h3H2,1-2H3. The summed E-state index contributed by atoms with van der Waals surface area (Å²) in [6.45, 7) is 0. The Hall–Kier alpha value is -0.0600. The van der Waals surface area contributed by atoms with E-state index in [1.54, 1.807) is 0 Å². The summed E-state index contributed by atoms with van der Waals surface area (Å²) in [5, 5.41) is 0. The minimum Gasteiger partial charge on any atom is -0.312 e. The molecular weight excluding hydrogens is 184 g/mol. The van der Waals surface area contributed by atoms with Crippen LogP contribution in [0.3, 0.4) is 0 Å². The molecule has 0 aliphatic rings. The first-order valence-electron chi connectivity index (χ1n) is 2.60. The molecule has 0 rings (SSSR count). The first-order valence-corrected chi connectivity index (χ1v) is 4.33. The molecule has 0 spiro atoms. The highest BCUT2D eigenvalue weighted by atomic mass is 31.2. The first-order chi connectivity index (χ1) is 4.83. The topological polar surface area (TPSA) is 35.5 Å². The van der Waals surface area contributed by atoms with Gasteiger partial charge in [0.15, 0.2) is 0 Å². The van der Waals surface area contributed by atoms with Crippen molar-refractivity contribution in [1.82, 2.24) is 0 Å². The summed E-state index contributed by atoms with van der Waals surface area (Å²) in [4.78, 5) is 0. The maximum absolute atomic E-state index is 11.6. The molecule has 0 atom stereocenters. The minimum atomic E-state index is -4.53. The van der Waals surface area contributed by atoms with E-state index in [0.29, 0.717) is 0 Å². The van der Waals surface area contributed by atoms with E-state index in [9.17, 15) is 17.7 Å². The number of hydrogen-bond acceptors (Lipinski definition) is 3. The summed E-state index contributed by atoms with van der Waals surface area (Å²) in [7, 11) is -2.10. The van der Waals surface area contributed by atoms with Crippen LogP contribution in [0, 0.1) is 0 Å². The predicted octanol–water partition coefficient (Wildman–Crippen LogP) is 2.03. The Bertz CT molecular complexity index is 158. The molecule has 68 valence electrons. The van der Waals surface area contributed by atoms with Crippen molar-refractivity contribution < 1.29 is 26.8 Å². The van der Waals surface area contributed by atoms with Crippen molar-refractivity contribution in [3.05, 3.63) is 0 Å². The van der Waals surface area contributed by atoms with Crippen LogP contribution in [0.2, 0.25) is 0 Å². The van der Waals surface area contributed by atoms with Crippen LogP contribution in [0.4, 0.5) is 13.2 Å². The Labute approximate surface area is 62.0 Å². The van der Waals surface area contributed by atoms with Crippen LogP contribution in [-0.4, -0.2) is 26.6 Å². The number of rotatable bonds is 3. The fraction of sp³-hybridized carbons (Fsp3) is 1.00. The summed E-state index contributed by atoms with van der Waals surface area (Å²) in [5.41, 5.74) is 0. The fourth-order valence-electron chi connectivity index (χ4n) is 0.423. The molecule has 3 nitrogen and oxygen atoms in total. The SMILES string of the molecule is COP(=O)(CC(F)(F)F)OC. The molecule has 0 radical (unpaired) electrons. The van der Waals surface area contributed by atoms with Gasteiger partial charge in [0.05, 0.1) is 0 Å². The van der Waals surface area contributed by atoms with E-state index in [4.69, 9.17) is 0 Å². The lowest BCUT2D eigenvalue weighted by Crippen LogP contribution is -2.15. The first kappa shape index (κ1) is 10.9. The van der Waals surface area contributed by atoms with E-state index in [1.807, 2.05) is 0 Å². The third-order valence-corrected chi connectivity index (χ3v) is 2.79. The number of hydrogen-bond donors (Lipinski definition) is 0. The lowest BCUT2D eigenvalue weighted by molar-refractivity contribution is -0.109. The maximum atomic E-state index is 11.6. The molecule has 0 aliphatic heterocycles. The van der Waals surface area contributed by atoms with Crippen molar-refractivity contribution in [2.75, 3.05) is 20.4 Å². The highest BCUT2D eigenvalue weighted by molar-refractivity contribution is 7.53. The van der Waals surface area contributed by atoms with Gasteiger partial charge in [-0.15, -0.1) is 0 Å². The Kier molecular flexibility index (Phi) is 3.54. The summed E-state index contributed by atoms with van der Waals surface area (Å²) >= 11 is 0. The van der Waals surface area contributed by atoms with Crippen LogP contribution >= 0.6 is 7.60 Å². The Morgan fingerprint density at radius 1 is 1.27 bits per heavy atom. The summed E-state index contributed by atoms with van der Waals surface area (Å²) < 4.78 is 53.7. The molecule has 0 N–H and O–H groups in total. The summed E-state index contributed by atoms with van der Waals surface area (Å²) in [6, 6.07) is 0. The van der Waals surface area contributed by atoms with Crippen LogP contribution in [0.1, 0.15) is 0 Å². The lowest BCUT2D eigenvalue weighted by atomic mass is 10.8. The van der Waals surface area contributed by atoms with E-state index in [-0.39, 0.29) is 0 Å². The molecule has 0 saturated carbocycles. The molecule has 0 aliphatic carbocycles. The fourth-order valence-corrected chi connectivity index (χ4v) is 1.27. The highest BCUT2D eigenvalue weighted by Gasteiger charge is 2.39. The average Bonchev–Trinajstić information content (AvgIpc) is 1.84. The smallest absolute Gasteiger partial charge is 0.312 e. The van der Waals surface area contributed by atoms with E-state index < -0.39 is 19.9 Å². The quantitative estimate of drug-likeness (QED) is 0.641. The second kappa shape index (κ2) is 3.56. The molecule has 0 saturated heterocycles. The number of alkyl halides is 3. The van der Waals surface area contributed by atoms with Crippen LogP contribution in [0.15, 0.2) is 0 Å². The van der Waals surface area contributed by atoms with Gasteiger partial charge in [-0.25, -0.2) is 0 Å². The van der Waals surface area contributed by atoms with Gasteiger partial charge in [-0.2, -0.15) is 13.2 Å². The van der Waals surface area contributed by atoms with E-state index in [2.05, 4.69) is 9.05 Å². The molecule has 0 fully saturated rings. The van der Waals surface area contributed by atoms with Gasteiger partial charge >= 0.3 is 13.8 Å². The largest absolute Gasteiger partial charge is 0.400 e. The Morgan fingerprint density at radius 3 is 1.73 bits per heavy atom. The van der Waals surface area contributed by atoms with Gasteiger partial charge in [0, 0.05) is 14.2 Å². The van der Waals surface area contributed by atoms with Crippen molar-refractivity contribution in [1.29, 1.82) is 0 Å². The predicted molar refractivity (Wildman–Crippen MR) is 32.5 cm³/mol. The molecule has 11 heavy (non-hydrogen) atoms. The normalized spacial score (nSPS) is 13.5. The highest BCUT2D eigenvalue weighted by Crippen LogP contribution is 2.50. The molecule has 0 amide bonds. The van der Waals surface area contributed by atoms with Crippen molar-refractivity contribution >= 4 is 7.60 Å². The second-order valence-electron chi connectivity index (χ2n) is 1.75. The maximum Gasteiger partial charge on any atom is 0.400 e. The monoisotopic (exact) mass is 192 g/mol. The van der Waals surface area contributed by atoms with Crippen LogP contribution in [0.5, 0.6) is 0 Å². The van der Waals surface area contributed by atoms with Crippen LogP contribution in [-0.2, 0) is 13.6 Å². The average molecular weight is 192 g/mol. The second-order valence-corrected chi connectivity index (χ2v) is 4.02. The van der Waals surface area contributed by atoms with Gasteiger partial charge in [-0.05, 0) is 0 Å². The molecule has 0 unspecified atom stereocenters. The Morgan fingerprint density at radius 2 is 1.64 bits per heavy atom. The lowest BCUT2D eigenvalue weighted by Gasteiger charge is -2.14. The van der Waals surface area contributed by atoms with Gasteiger partial charge in [0.1, 0.15) is 6.16 Å². The number of halogens is 3. The zero-order valence-electron chi connectivity index (χ0n) is 6.01. The molecule has 0 heterocycles. The third-order valence-electron chi connectivity index (χ3n) is 0.929. The van der Waals surface area contributed by atoms with E-state index in [0.717, 1.165) is 14.2 Å². The molecule has 0 aromatic carbocycles. The summed E-state index contributed by atoms with van der Waals surface area (Å²) in [5.74, 6) is 0.